The molecule has 194 valence electrons. The predicted octanol–water partition coefficient (Wildman–Crippen LogP) is 1.87. The van der Waals surface area contributed by atoms with E-state index in [4.69, 9.17) is 9.15 Å². The number of hydrogen-bond donors (Lipinski definition) is 1. The van der Waals surface area contributed by atoms with Crippen LogP contribution in [0.15, 0.2) is 82.3 Å². The lowest BCUT2D eigenvalue weighted by atomic mass is 10.2. The van der Waals surface area contributed by atoms with Gasteiger partial charge in [-0.15, -0.1) is 0 Å². The summed E-state index contributed by atoms with van der Waals surface area (Å²) in [6.45, 7) is 2.27. The smallest absolute Gasteiger partial charge is 0.288 e. The van der Waals surface area contributed by atoms with Gasteiger partial charge in [-0.2, -0.15) is 0 Å². The van der Waals surface area contributed by atoms with E-state index in [1.54, 1.807) is 41.3 Å². The number of piperazine rings is 1. The highest BCUT2D eigenvalue weighted by atomic mass is 32.2. The highest BCUT2D eigenvalue weighted by Gasteiger charge is 2.40. The Morgan fingerprint density at radius 3 is 2.19 bits per heavy atom. The van der Waals surface area contributed by atoms with Gasteiger partial charge in [-0.1, -0.05) is 35.9 Å². The summed E-state index contributed by atoms with van der Waals surface area (Å²) in [6.07, 6.45) is 1.28. The van der Waals surface area contributed by atoms with Gasteiger partial charge in [0.2, 0.25) is 15.2 Å². The quantitative estimate of drug-likeness (QED) is 0.476. The molecule has 3 amide bonds. The van der Waals surface area contributed by atoms with Crippen LogP contribution in [0.25, 0.3) is 0 Å². The molecule has 10 nitrogen and oxygen atoms in total. The van der Waals surface area contributed by atoms with E-state index in [1.807, 2.05) is 13.0 Å². The van der Waals surface area contributed by atoms with Crippen molar-refractivity contribution in [1.82, 2.24) is 15.1 Å². The molecule has 2 aromatic carbocycles. The minimum Gasteiger partial charge on any atom is -0.484 e. The van der Waals surface area contributed by atoms with E-state index in [1.165, 1.54) is 35.4 Å². The normalized spacial score (nSPS) is 14.6. The standard InChI is InChI=1S/C26H27N3O7S/c1-19-9-11-21(12-10-19)37(33,34)25(27-24(31)22-8-5-17-35-22)26(32)29-15-13-28(14-16-29)23(30)18-36-20-6-3-2-4-7-20/h2-12,17,25H,13-16,18H2,1H3,(H,27,31). The van der Waals surface area contributed by atoms with Crippen molar-refractivity contribution in [2.24, 2.45) is 0 Å². The van der Waals surface area contributed by atoms with Crippen LogP contribution in [0.4, 0.5) is 0 Å². The average molecular weight is 526 g/mol. The second-order valence-electron chi connectivity index (χ2n) is 8.50. The van der Waals surface area contributed by atoms with E-state index in [0.29, 0.717) is 5.75 Å². The third kappa shape index (κ3) is 6.18. The van der Waals surface area contributed by atoms with Gasteiger partial charge in [-0.05, 0) is 43.3 Å². The average Bonchev–Trinajstić information content (AvgIpc) is 3.46. The lowest BCUT2D eigenvalue weighted by molar-refractivity contribution is -0.140. The van der Waals surface area contributed by atoms with Gasteiger partial charge < -0.3 is 24.3 Å². The van der Waals surface area contributed by atoms with Gasteiger partial charge in [0, 0.05) is 26.2 Å². The zero-order chi connectivity index (χ0) is 26.4. The van der Waals surface area contributed by atoms with E-state index in [9.17, 15) is 22.8 Å². The Morgan fingerprint density at radius 2 is 1.57 bits per heavy atom. The van der Waals surface area contributed by atoms with Gasteiger partial charge in [0.15, 0.2) is 12.4 Å². The molecule has 1 unspecified atom stereocenters. The largest absolute Gasteiger partial charge is 0.484 e. The second-order valence-corrected chi connectivity index (χ2v) is 10.5. The van der Waals surface area contributed by atoms with Crippen molar-refractivity contribution in [3.05, 3.63) is 84.3 Å². The summed E-state index contributed by atoms with van der Waals surface area (Å²) in [5.41, 5.74) is 0.846. The van der Waals surface area contributed by atoms with Gasteiger partial charge in [0.05, 0.1) is 11.2 Å². The Bertz CT molecular complexity index is 1330. The van der Waals surface area contributed by atoms with Gasteiger partial charge in [-0.25, -0.2) is 8.42 Å². The molecule has 0 aliphatic carbocycles. The number of furan rings is 1. The molecule has 1 aromatic heterocycles. The zero-order valence-electron chi connectivity index (χ0n) is 20.2. The molecule has 11 heteroatoms. The van der Waals surface area contributed by atoms with Crippen LogP contribution < -0.4 is 10.1 Å². The summed E-state index contributed by atoms with van der Waals surface area (Å²) < 4.78 is 37.5. The van der Waals surface area contributed by atoms with E-state index in [2.05, 4.69) is 5.32 Å². The first-order valence-corrected chi connectivity index (χ1v) is 13.2. The lowest BCUT2D eigenvalue weighted by Gasteiger charge is -2.36. The number of rotatable bonds is 8. The van der Waals surface area contributed by atoms with Crippen molar-refractivity contribution in [2.75, 3.05) is 32.8 Å². The molecule has 1 fully saturated rings. The monoisotopic (exact) mass is 525 g/mol. The maximum atomic E-state index is 13.5. The summed E-state index contributed by atoms with van der Waals surface area (Å²) in [6, 6.07) is 17.8. The third-order valence-electron chi connectivity index (χ3n) is 5.94. The number of carbonyl (C=O) groups excluding carboxylic acids is 3. The predicted molar refractivity (Wildman–Crippen MR) is 133 cm³/mol. The molecule has 1 saturated heterocycles. The van der Waals surface area contributed by atoms with Crippen LogP contribution in [0.5, 0.6) is 5.75 Å². The van der Waals surface area contributed by atoms with Crippen LogP contribution in [-0.2, 0) is 19.4 Å². The number of hydrogen-bond acceptors (Lipinski definition) is 7. The van der Waals surface area contributed by atoms with Crippen LogP contribution in [0.3, 0.4) is 0 Å². The number of nitrogens with one attached hydrogen (secondary N) is 1. The van der Waals surface area contributed by atoms with Crippen molar-refractivity contribution >= 4 is 27.6 Å². The van der Waals surface area contributed by atoms with Crippen LogP contribution in [-0.4, -0.2) is 74.1 Å². The number of amides is 3. The molecule has 0 spiro atoms. The van der Waals surface area contributed by atoms with E-state index in [-0.39, 0.29) is 49.3 Å². The number of benzene rings is 2. The molecular weight excluding hydrogens is 498 g/mol. The molecule has 1 N–H and O–H groups in total. The van der Waals surface area contributed by atoms with Crippen molar-refractivity contribution in [2.45, 2.75) is 17.2 Å². The Labute approximate surface area is 214 Å². The number of para-hydroxylation sites is 1. The molecular formula is C26H27N3O7S. The van der Waals surface area contributed by atoms with Crippen molar-refractivity contribution in [3.63, 3.8) is 0 Å². The zero-order valence-corrected chi connectivity index (χ0v) is 21.0. The molecule has 3 aromatic rings. The summed E-state index contributed by atoms with van der Waals surface area (Å²) in [5, 5.41) is 0.466. The SMILES string of the molecule is Cc1ccc(S(=O)(=O)C(NC(=O)c2ccco2)C(=O)N2CCN(C(=O)COc3ccccc3)CC2)cc1. The lowest BCUT2D eigenvalue weighted by Crippen LogP contribution is -2.58. The summed E-state index contributed by atoms with van der Waals surface area (Å²) in [7, 11) is -4.29. The van der Waals surface area contributed by atoms with E-state index < -0.39 is 27.0 Å². The minimum atomic E-state index is -4.29. The summed E-state index contributed by atoms with van der Waals surface area (Å²) >= 11 is 0. The summed E-state index contributed by atoms with van der Waals surface area (Å²) in [5.74, 6) is -1.41. The van der Waals surface area contributed by atoms with Crippen LogP contribution in [0.2, 0.25) is 0 Å². The van der Waals surface area contributed by atoms with Crippen molar-refractivity contribution in [3.8, 4) is 5.75 Å². The second kappa shape index (κ2) is 11.3. The van der Waals surface area contributed by atoms with Gasteiger partial charge in [0.25, 0.3) is 17.7 Å². The fourth-order valence-electron chi connectivity index (χ4n) is 3.83. The molecule has 1 atom stereocenters. The molecule has 0 bridgehead atoms. The first kappa shape index (κ1) is 26.0. The molecule has 4 rings (SSSR count). The fourth-order valence-corrected chi connectivity index (χ4v) is 5.29. The Kier molecular flexibility index (Phi) is 7.92. The van der Waals surface area contributed by atoms with Gasteiger partial charge >= 0.3 is 0 Å². The highest BCUT2D eigenvalue weighted by Crippen LogP contribution is 2.19. The number of aryl methyl sites for hydroxylation is 1. The maximum Gasteiger partial charge on any atom is 0.288 e. The van der Waals surface area contributed by atoms with Gasteiger partial charge in [-0.3, -0.25) is 14.4 Å². The number of nitrogens with zero attached hydrogens (tertiary/aromatic N) is 2. The molecule has 1 aliphatic heterocycles. The number of ether oxygens (including phenoxy) is 1. The number of carbonyl (C=O) groups is 3. The molecule has 1 aliphatic rings. The Hall–Kier alpha value is -4.12. The highest BCUT2D eigenvalue weighted by molar-refractivity contribution is 7.92. The van der Waals surface area contributed by atoms with Crippen LogP contribution in [0.1, 0.15) is 16.1 Å². The number of sulfone groups is 1. The molecule has 37 heavy (non-hydrogen) atoms. The molecule has 2 heterocycles. The van der Waals surface area contributed by atoms with Gasteiger partial charge in [0.1, 0.15) is 5.75 Å². The Balaban J connectivity index is 1.45. The van der Waals surface area contributed by atoms with Crippen LogP contribution in [0, 0.1) is 6.92 Å². The van der Waals surface area contributed by atoms with Crippen molar-refractivity contribution in [1.29, 1.82) is 0 Å². The van der Waals surface area contributed by atoms with Crippen LogP contribution >= 0.6 is 0 Å². The maximum absolute atomic E-state index is 13.5. The fraction of sp³-hybridized carbons (Fsp3) is 0.269. The first-order valence-electron chi connectivity index (χ1n) is 11.6. The Morgan fingerprint density at radius 1 is 0.919 bits per heavy atom. The summed E-state index contributed by atoms with van der Waals surface area (Å²) in [4.78, 5) is 41.5. The topological polar surface area (TPSA) is 126 Å². The molecule has 0 radical (unpaired) electrons. The van der Waals surface area contributed by atoms with E-state index >= 15 is 0 Å². The van der Waals surface area contributed by atoms with E-state index in [0.717, 1.165) is 5.56 Å². The third-order valence-corrected chi connectivity index (χ3v) is 7.81. The van der Waals surface area contributed by atoms with Crippen molar-refractivity contribution < 1.29 is 32.0 Å². The first-order chi connectivity index (χ1) is 17.8. The molecule has 0 saturated carbocycles. The minimum absolute atomic E-state index is 0.0944.